The van der Waals surface area contributed by atoms with Crippen molar-refractivity contribution in [2.75, 3.05) is 11.9 Å². The number of aliphatic hydroxyl groups is 1. The van der Waals surface area contributed by atoms with E-state index >= 15 is 0 Å². The van der Waals surface area contributed by atoms with Gasteiger partial charge in [0.1, 0.15) is 11.5 Å². The number of amides is 1. The number of nitrogens with zero attached hydrogens (tertiary/aromatic N) is 4. The molecule has 0 atom stereocenters. The molecule has 1 saturated carbocycles. The Labute approximate surface area is 189 Å². The van der Waals surface area contributed by atoms with Crippen LogP contribution in [0.15, 0.2) is 42.9 Å². The van der Waals surface area contributed by atoms with Crippen molar-refractivity contribution >= 4 is 17.4 Å². The van der Waals surface area contributed by atoms with Crippen molar-refractivity contribution in [3.63, 3.8) is 0 Å². The molecule has 3 heterocycles. The van der Waals surface area contributed by atoms with Crippen LogP contribution in [0, 0.1) is 5.82 Å². The Morgan fingerprint density at radius 2 is 2.15 bits per heavy atom. The Morgan fingerprint density at radius 3 is 2.82 bits per heavy atom. The van der Waals surface area contributed by atoms with Crippen LogP contribution in [0.5, 0.6) is 0 Å². The van der Waals surface area contributed by atoms with Crippen molar-refractivity contribution in [3.8, 4) is 22.6 Å². The molecule has 0 saturated heterocycles. The highest BCUT2D eigenvalue weighted by molar-refractivity contribution is 5.95. The highest BCUT2D eigenvalue weighted by Crippen LogP contribution is 2.29. The fourth-order valence-electron chi connectivity index (χ4n) is 3.50. The fourth-order valence-corrected chi connectivity index (χ4v) is 3.50. The number of rotatable bonds is 7. The lowest BCUT2D eigenvalue weighted by atomic mass is 10.1. The minimum absolute atomic E-state index is 0.0202. The average Bonchev–Trinajstić information content (AvgIpc) is 3.24. The van der Waals surface area contributed by atoms with Crippen LogP contribution < -0.4 is 10.6 Å². The predicted octanol–water partition coefficient (Wildman–Crippen LogP) is 3.00. The Hall–Kier alpha value is -3.79. The SMILES string of the molecule is CC(C)(O)CNc1nc(-c2ccn[nH]2)cn2c(-c3ccc(C(=O)NC4CC4)c(F)c3)cnc12. The van der Waals surface area contributed by atoms with Gasteiger partial charge in [0.05, 0.1) is 28.7 Å². The summed E-state index contributed by atoms with van der Waals surface area (Å²) in [5, 5.41) is 23.0. The van der Waals surface area contributed by atoms with Gasteiger partial charge in [0.25, 0.3) is 5.91 Å². The maximum absolute atomic E-state index is 14.8. The van der Waals surface area contributed by atoms with Gasteiger partial charge in [-0.3, -0.25) is 14.3 Å². The zero-order chi connectivity index (χ0) is 23.2. The van der Waals surface area contributed by atoms with Crippen molar-refractivity contribution in [1.29, 1.82) is 0 Å². The van der Waals surface area contributed by atoms with Crippen LogP contribution in [0.1, 0.15) is 37.0 Å². The van der Waals surface area contributed by atoms with Gasteiger partial charge in [0.15, 0.2) is 11.5 Å². The molecule has 0 spiro atoms. The van der Waals surface area contributed by atoms with Gasteiger partial charge in [-0.05, 0) is 44.9 Å². The van der Waals surface area contributed by atoms with E-state index in [2.05, 4.69) is 30.8 Å². The number of aromatic nitrogens is 5. The first-order valence-corrected chi connectivity index (χ1v) is 10.7. The zero-order valence-electron chi connectivity index (χ0n) is 18.3. The van der Waals surface area contributed by atoms with Gasteiger partial charge >= 0.3 is 0 Å². The van der Waals surface area contributed by atoms with Crippen LogP contribution >= 0.6 is 0 Å². The molecule has 1 aliphatic rings. The van der Waals surface area contributed by atoms with Crippen molar-refractivity contribution < 1.29 is 14.3 Å². The number of fused-ring (bicyclic) bond motifs is 1. The van der Waals surface area contributed by atoms with Crippen LogP contribution in [-0.2, 0) is 0 Å². The maximum atomic E-state index is 14.8. The minimum atomic E-state index is -0.960. The highest BCUT2D eigenvalue weighted by Gasteiger charge is 2.25. The molecular weight excluding hydrogens is 425 g/mol. The molecule has 0 radical (unpaired) electrons. The van der Waals surface area contributed by atoms with E-state index in [1.165, 1.54) is 12.1 Å². The van der Waals surface area contributed by atoms with Crippen LogP contribution in [0.4, 0.5) is 10.2 Å². The molecule has 1 amide bonds. The Balaban J connectivity index is 1.56. The van der Waals surface area contributed by atoms with E-state index in [-0.39, 0.29) is 18.2 Å². The molecule has 0 aliphatic heterocycles. The molecule has 1 fully saturated rings. The predicted molar refractivity (Wildman–Crippen MR) is 121 cm³/mol. The summed E-state index contributed by atoms with van der Waals surface area (Å²) in [6, 6.07) is 6.47. The first-order chi connectivity index (χ1) is 15.8. The van der Waals surface area contributed by atoms with Crippen LogP contribution in [0.25, 0.3) is 28.3 Å². The molecular formula is C23H24FN7O2. The number of H-pyrrole nitrogens is 1. The molecule has 9 nitrogen and oxygen atoms in total. The van der Waals surface area contributed by atoms with Gasteiger partial charge in [0, 0.05) is 30.5 Å². The Morgan fingerprint density at radius 1 is 1.33 bits per heavy atom. The summed E-state index contributed by atoms with van der Waals surface area (Å²) in [6.45, 7) is 3.64. The lowest BCUT2D eigenvalue weighted by Crippen LogP contribution is -2.29. The molecule has 1 aliphatic carbocycles. The van der Waals surface area contributed by atoms with E-state index in [1.54, 1.807) is 49.0 Å². The summed E-state index contributed by atoms with van der Waals surface area (Å²) in [4.78, 5) is 21.4. The normalized spacial score (nSPS) is 13.9. The lowest BCUT2D eigenvalue weighted by Gasteiger charge is -2.18. The number of carbonyl (C=O) groups is 1. The summed E-state index contributed by atoms with van der Waals surface area (Å²) in [7, 11) is 0. The van der Waals surface area contributed by atoms with Crippen molar-refractivity contribution in [2.24, 2.45) is 0 Å². The monoisotopic (exact) mass is 449 g/mol. The molecule has 10 heteroatoms. The highest BCUT2D eigenvalue weighted by atomic mass is 19.1. The van der Waals surface area contributed by atoms with Crippen molar-refractivity contribution in [2.45, 2.75) is 38.3 Å². The third kappa shape index (κ3) is 4.42. The van der Waals surface area contributed by atoms with Crippen LogP contribution in [0.3, 0.4) is 0 Å². The summed E-state index contributed by atoms with van der Waals surface area (Å²) in [5.74, 6) is -0.524. The topological polar surface area (TPSA) is 120 Å². The first-order valence-electron chi connectivity index (χ1n) is 10.7. The fraction of sp³-hybridized carbons (Fsp3) is 0.304. The van der Waals surface area contributed by atoms with E-state index in [1.807, 2.05) is 0 Å². The maximum Gasteiger partial charge on any atom is 0.254 e. The largest absolute Gasteiger partial charge is 0.389 e. The number of hydrogen-bond acceptors (Lipinski definition) is 6. The molecule has 4 N–H and O–H groups in total. The smallest absolute Gasteiger partial charge is 0.254 e. The number of imidazole rings is 1. The second-order valence-corrected chi connectivity index (χ2v) is 8.89. The van der Waals surface area contributed by atoms with Gasteiger partial charge < -0.3 is 15.7 Å². The van der Waals surface area contributed by atoms with Gasteiger partial charge in [0.2, 0.25) is 0 Å². The van der Waals surface area contributed by atoms with E-state index in [4.69, 9.17) is 0 Å². The lowest BCUT2D eigenvalue weighted by molar-refractivity contribution is 0.0938. The summed E-state index contributed by atoms with van der Waals surface area (Å²) >= 11 is 0. The Bertz CT molecular complexity index is 1320. The third-order valence-corrected chi connectivity index (χ3v) is 5.38. The van der Waals surface area contributed by atoms with Crippen LogP contribution in [0.2, 0.25) is 0 Å². The molecule has 170 valence electrons. The number of carbonyl (C=O) groups excluding carboxylic acids is 1. The molecule has 33 heavy (non-hydrogen) atoms. The first kappa shape index (κ1) is 21.1. The van der Waals surface area contributed by atoms with E-state index in [9.17, 15) is 14.3 Å². The minimum Gasteiger partial charge on any atom is -0.389 e. The number of aromatic amines is 1. The Kier molecular flexibility index (Phi) is 5.09. The number of anilines is 1. The van der Waals surface area contributed by atoms with Gasteiger partial charge in [-0.2, -0.15) is 5.10 Å². The number of halogens is 1. The summed E-state index contributed by atoms with van der Waals surface area (Å²) < 4.78 is 16.6. The molecule has 0 unspecified atom stereocenters. The molecule has 0 bridgehead atoms. The molecule has 1 aromatic carbocycles. The van der Waals surface area contributed by atoms with Gasteiger partial charge in [-0.25, -0.2) is 14.4 Å². The molecule has 3 aromatic heterocycles. The van der Waals surface area contributed by atoms with E-state index in [0.717, 1.165) is 12.8 Å². The molecule has 4 aromatic rings. The zero-order valence-corrected chi connectivity index (χ0v) is 18.3. The quantitative estimate of drug-likeness (QED) is 0.344. The number of hydrogen-bond donors (Lipinski definition) is 4. The number of nitrogens with one attached hydrogen (secondary N) is 3. The van der Waals surface area contributed by atoms with E-state index in [0.29, 0.717) is 34.1 Å². The van der Waals surface area contributed by atoms with Crippen molar-refractivity contribution in [1.82, 2.24) is 29.9 Å². The van der Waals surface area contributed by atoms with Crippen molar-refractivity contribution in [3.05, 3.63) is 54.2 Å². The van der Waals surface area contributed by atoms with Crippen LogP contribution in [-0.4, -0.2) is 53.8 Å². The van der Waals surface area contributed by atoms with Gasteiger partial charge in [-0.1, -0.05) is 6.07 Å². The second-order valence-electron chi connectivity index (χ2n) is 8.89. The molecule has 5 rings (SSSR count). The standard InChI is InChI=1S/C23H24FN7O2/c1-23(2,33)12-26-20-21-25-10-19(31(21)11-18(29-20)17-7-8-27-30-17)13-3-6-15(16(24)9-13)22(32)28-14-4-5-14/h3,6-11,14,33H,4-5,12H2,1-2H3,(H,26,29)(H,27,30)(H,28,32). The second kappa shape index (κ2) is 7.96. The average molecular weight is 449 g/mol. The summed E-state index contributed by atoms with van der Waals surface area (Å²) in [5.41, 5.74) is 2.07. The third-order valence-electron chi connectivity index (χ3n) is 5.38. The van der Waals surface area contributed by atoms with Gasteiger partial charge in [-0.15, -0.1) is 0 Å². The number of benzene rings is 1. The summed E-state index contributed by atoms with van der Waals surface area (Å²) in [6.07, 6.45) is 6.90. The van der Waals surface area contributed by atoms with E-state index < -0.39 is 17.3 Å².